The number of fused-ring (bicyclic) bond motifs is 2. The van der Waals surface area contributed by atoms with E-state index in [0.29, 0.717) is 18.4 Å². The molecule has 0 bridgehead atoms. The van der Waals surface area contributed by atoms with Crippen molar-refractivity contribution in [2.45, 2.75) is 34.1 Å². The van der Waals surface area contributed by atoms with Crippen LogP contribution < -0.4 is 4.74 Å². The van der Waals surface area contributed by atoms with E-state index in [1.165, 1.54) is 17.2 Å². The molecule has 2 atom stereocenters. The Morgan fingerprint density at radius 3 is 2.54 bits per heavy atom. The van der Waals surface area contributed by atoms with Gasteiger partial charge in [0.05, 0.1) is 12.9 Å². The molecule has 0 spiro atoms. The minimum absolute atomic E-state index is 0.0744. The monoisotopic (exact) mass is 467 g/mol. The highest BCUT2D eigenvalue weighted by Gasteiger charge is 2.25. The smallest absolute Gasteiger partial charge is 0.246 e. The molecule has 2 unspecified atom stereocenters. The maximum Gasteiger partial charge on any atom is 0.246 e. The molecule has 0 radical (unpaired) electrons. The largest absolute Gasteiger partial charge is 0.493 e. The number of piperidine rings is 1. The number of amides is 1. The molecule has 1 aliphatic heterocycles. The van der Waals surface area contributed by atoms with Crippen molar-refractivity contribution in [3.8, 4) is 16.9 Å². The van der Waals surface area contributed by atoms with E-state index in [2.05, 4.69) is 62.4 Å². The normalized spacial score (nSPS) is 18.9. The Morgan fingerprint density at radius 2 is 1.80 bits per heavy atom. The summed E-state index contributed by atoms with van der Waals surface area (Å²) in [5.41, 5.74) is 4.74. The number of carbonyl (C=O) groups excluding carboxylic acids is 1. The molecule has 1 aliphatic rings. The molecule has 3 aromatic carbocycles. The molecule has 0 saturated carbocycles. The zero-order chi connectivity index (χ0) is 24.5. The summed E-state index contributed by atoms with van der Waals surface area (Å²) >= 11 is 0. The molecule has 4 aromatic rings. The van der Waals surface area contributed by atoms with E-state index in [0.717, 1.165) is 52.1 Å². The molecule has 1 amide bonds. The lowest BCUT2D eigenvalue weighted by Crippen LogP contribution is -2.41. The molecule has 0 aliphatic carbocycles. The predicted molar refractivity (Wildman–Crippen MR) is 144 cm³/mol. The Morgan fingerprint density at radius 1 is 1.06 bits per heavy atom. The minimum Gasteiger partial charge on any atom is -0.493 e. The van der Waals surface area contributed by atoms with Crippen LogP contribution >= 0.6 is 0 Å². The molecule has 35 heavy (non-hydrogen) atoms. The Bertz CT molecular complexity index is 1400. The molecule has 1 fully saturated rings. The van der Waals surface area contributed by atoms with Crippen molar-refractivity contribution in [2.75, 3.05) is 19.7 Å². The van der Waals surface area contributed by atoms with Gasteiger partial charge in [0.2, 0.25) is 5.91 Å². The molecule has 1 saturated heterocycles. The average molecular weight is 468 g/mol. The van der Waals surface area contributed by atoms with Crippen LogP contribution in [0.2, 0.25) is 0 Å². The first kappa shape index (κ1) is 23.2. The second-order valence-electron chi connectivity index (χ2n) is 10.0. The van der Waals surface area contributed by atoms with E-state index in [-0.39, 0.29) is 5.91 Å². The van der Waals surface area contributed by atoms with E-state index in [4.69, 9.17) is 9.15 Å². The number of hydrogen-bond acceptors (Lipinski definition) is 3. The summed E-state index contributed by atoms with van der Waals surface area (Å²) in [7, 11) is 0. The van der Waals surface area contributed by atoms with Gasteiger partial charge in [-0.15, -0.1) is 0 Å². The number of benzene rings is 3. The molecule has 180 valence electrons. The average Bonchev–Trinajstić information content (AvgIpc) is 3.25. The lowest BCUT2D eigenvalue weighted by molar-refractivity contribution is -0.128. The van der Waals surface area contributed by atoms with Gasteiger partial charge in [-0.2, -0.15) is 0 Å². The topological polar surface area (TPSA) is 42.7 Å². The van der Waals surface area contributed by atoms with Crippen LogP contribution in [-0.4, -0.2) is 30.5 Å². The van der Waals surface area contributed by atoms with E-state index in [1.54, 1.807) is 6.08 Å². The van der Waals surface area contributed by atoms with Gasteiger partial charge >= 0.3 is 0 Å². The van der Waals surface area contributed by atoms with Crippen molar-refractivity contribution in [1.29, 1.82) is 0 Å². The molecule has 2 heterocycles. The Kier molecular flexibility index (Phi) is 6.38. The number of allylic oxidation sites excluding steroid dienone is 1. The molecule has 4 heteroatoms. The second kappa shape index (κ2) is 9.61. The Labute approximate surface area is 207 Å². The minimum atomic E-state index is 0.0744. The summed E-state index contributed by atoms with van der Waals surface area (Å²) in [5.74, 6) is 1.87. The summed E-state index contributed by atoms with van der Waals surface area (Å²) in [6, 6.07) is 18.9. The zero-order valence-corrected chi connectivity index (χ0v) is 21.0. The number of nitrogens with zero attached hydrogens (tertiary/aromatic N) is 1. The maximum absolute atomic E-state index is 13.2. The number of ether oxygens (including phenoxy) is 1. The van der Waals surface area contributed by atoms with Crippen LogP contribution in [0.1, 0.15) is 39.7 Å². The standard InChI is InChI=1S/C31H33NO3/c1-5-34-29-16-30-27(28(19-35-30)25-11-10-23-8-6-7-9-24(23)14-25)15-26(29)22(4)13-31(33)32-17-20(2)12-21(3)18-32/h6-11,13-16,19-21H,5,12,17-18H2,1-4H3/b22-13+. The van der Waals surface area contributed by atoms with Crippen molar-refractivity contribution in [3.05, 3.63) is 72.5 Å². The quantitative estimate of drug-likeness (QED) is 0.284. The van der Waals surface area contributed by atoms with Crippen molar-refractivity contribution < 1.29 is 13.9 Å². The summed E-state index contributed by atoms with van der Waals surface area (Å²) < 4.78 is 11.9. The zero-order valence-electron chi connectivity index (χ0n) is 21.0. The van der Waals surface area contributed by atoms with Crippen LogP contribution in [0.5, 0.6) is 5.75 Å². The van der Waals surface area contributed by atoms with E-state index in [1.807, 2.05) is 31.1 Å². The highest BCUT2D eigenvalue weighted by atomic mass is 16.5. The van der Waals surface area contributed by atoms with Crippen molar-refractivity contribution in [2.24, 2.45) is 11.8 Å². The van der Waals surface area contributed by atoms with Gasteiger partial charge < -0.3 is 14.1 Å². The van der Waals surface area contributed by atoms with Gasteiger partial charge in [0, 0.05) is 41.7 Å². The van der Waals surface area contributed by atoms with Gasteiger partial charge in [0.15, 0.2) is 0 Å². The van der Waals surface area contributed by atoms with Crippen LogP contribution in [0.4, 0.5) is 0 Å². The third-order valence-corrected chi connectivity index (χ3v) is 6.98. The molecule has 4 nitrogen and oxygen atoms in total. The van der Waals surface area contributed by atoms with E-state index < -0.39 is 0 Å². The van der Waals surface area contributed by atoms with Gasteiger partial charge in [-0.3, -0.25) is 4.79 Å². The van der Waals surface area contributed by atoms with Gasteiger partial charge in [0.25, 0.3) is 0 Å². The fourth-order valence-corrected chi connectivity index (χ4v) is 5.42. The molecule has 5 rings (SSSR count). The first-order chi connectivity index (χ1) is 16.9. The highest BCUT2D eigenvalue weighted by Crippen LogP contribution is 2.38. The van der Waals surface area contributed by atoms with Crippen molar-refractivity contribution >= 4 is 33.2 Å². The maximum atomic E-state index is 13.2. The number of furan rings is 1. The van der Waals surface area contributed by atoms with Gasteiger partial charge in [-0.1, -0.05) is 50.2 Å². The third kappa shape index (κ3) is 4.70. The fourth-order valence-electron chi connectivity index (χ4n) is 5.42. The first-order valence-electron chi connectivity index (χ1n) is 12.6. The second-order valence-corrected chi connectivity index (χ2v) is 10.0. The fraction of sp³-hybridized carbons (Fsp3) is 0.323. The van der Waals surface area contributed by atoms with Crippen LogP contribution in [0.15, 0.2) is 71.4 Å². The van der Waals surface area contributed by atoms with E-state index >= 15 is 0 Å². The Balaban J connectivity index is 1.55. The van der Waals surface area contributed by atoms with Gasteiger partial charge in [0.1, 0.15) is 11.3 Å². The van der Waals surface area contributed by atoms with Gasteiger partial charge in [-0.25, -0.2) is 0 Å². The van der Waals surface area contributed by atoms with Crippen LogP contribution in [-0.2, 0) is 4.79 Å². The third-order valence-electron chi connectivity index (χ3n) is 6.98. The summed E-state index contributed by atoms with van der Waals surface area (Å²) in [6.45, 7) is 10.6. The molecule has 1 aromatic heterocycles. The summed E-state index contributed by atoms with van der Waals surface area (Å²) in [4.78, 5) is 15.1. The van der Waals surface area contributed by atoms with Crippen LogP contribution in [0.3, 0.4) is 0 Å². The van der Waals surface area contributed by atoms with Gasteiger partial charge in [-0.05, 0) is 66.1 Å². The number of rotatable bonds is 5. The Hall–Kier alpha value is -3.53. The molecular formula is C31H33NO3. The molecule has 0 N–H and O–H groups in total. The number of likely N-dealkylation sites (tertiary alicyclic amines) is 1. The van der Waals surface area contributed by atoms with E-state index in [9.17, 15) is 4.79 Å². The first-order valence-corrected chi connectivity index (χ1v) is 12.6. The molecular weight excluding hydrogens is 434 g/mol. The SMILES string of the molecule is CCOc1cc2occ(-c3ccc4ccccc4c3)c2cc1/C(C)=C/C(=O)N1CC(C)CC(C)C1. The lowest BCUT2D eigenvalue weighted by Gasteiger charge is -2.34. The number of carbonyl (C=O) groups is 1. The lowest BCUT2D eigenvalue weighted by atomic mass is 9.91. The van der Waals surface area contributed by atoms with Crippen molar-refractivity contribution in [3.63, 3.8) is 0 Å². The van der Waals surface area contributed by atoms with Crippen LogP contribution in [0, 0.1) is 11.8 Å². The highest BCUT2D eigenvalue weighted by molar-refractivity contribution is 6.01. The summed E-state index contributed by atoms with van der Waals surface area (Å²) in [5, 5.41) is 3.42. The van der Waals surface area contributed by atoms with Crippen molar-refractivity contribution in [1.82, 2.24) is 4.90 Å². The predicted octanol–water partition coefficient (Wildman–Crippen LogP) is 7.56. The van der Waals surface area contributed by atoms with Crippen LogP contribution in [0.25, 0.3) is 38.4 Å². The number of hydrogen-bond donors (Lipinski definition) is 0. The summed E-state index contributed by atoms with van der Waals surface area (Å²) in [6.07, 6.45) is 4.76.